The molecule has 0 saturated carbocycles. The van der Waals surface area contributed by atoms with Gasteiger partial charge in [-0.05, 0) is 23.3 Å². The van der Waals surface area contributed by atoms with Gasteiger partial charge in [0, 0.05) is 39.1 Å². The summed E-state index contributed by atoms with van der Waals surface area (Å²) in [6.07, 6.45) is 1.77. The first-order chi connectivity index (χ1) is 13.2. The molecule has 0 atom stereocenters. The van der Waals surface area contributed by atoms with Gasteiger partial charge in [0.2, 0.25) is 0 Å². The van der Waals surface area contributed by atoms with Crippen molar-refractivity contribution >= 4 is 28.9 Å². The molecule has 0 bridgehead atoms. The summed E-state index contributed by atoms with van der Waals surface area (Å²) in [6, 6.07) is 22.5. The van der Waals surface area contributed by atoms with Crippen LogP contribution in [0.5, 0.6) is 0 Å². The van der Waals surface area contributed by atoms with Crippen molar-refractivity contribution in [1.29, 1.82) is 0 Å². The SMILES string of the molecule is Nc1cccc2c1C=C1C(=O)c3ccccc3C(c3ccccc3)=C1C2=O. The molecule has 0 fully saturated rings. The molecule has 0 unspecified atom stereocenters. The van der Waals surface area contributed by atoms with Crippen LogP contribution < -0.4 is 5.73 Å². The van der Waals surface area contributed by atoms with Crippen LogP contribution in [-0.4, -0.2) is 11.6 Å². The van der Waals surface area contributed by atoms with Gasteiger partial charge in [0.15, 0.2) is 11.6 Å². The zero-order chi connectivity index (χ0) is 18.5. The number of hydrogen-bond acceptors (Lipinski definition) is 3. The van der Waals surface area contributed by atoms with E-state index in [2.05, 4.69) is 0 Å². The molecule has 0 heterocycles. The lowest BCUT2D eigenvalue weighted by Crippen LogP contribution is -2.24. The van der Waals surface area contributed by atoms with Gasteiger partial charge in [0.05, 0.1) is 0 Å². The summed E-state index contributed by atoms with van der Waals surface area (Å²) in [7, 11) is 0. The number of allylic oxidation sites excluding steroid dienone is 2. The number of anilines is 1. The first-order valence-corrected chi connectivity index (χ1v) is 8.76. The molecule has 0 radical (unpaired) electrons. The predicted molar refractivity (Wildman–Crippen MR) is 106 cm³/mol. The average molecular weight is 349 g/mol. The van der Waals surface area contributed by atoms with Crippen molar-refractivity contribution in [3.05, 3.63) is 112 Å². The molecule has 2 aliphatic rings. The quantitative estimate of drug-likeness (QED) is 0.656. The van der Waals surface area contributed by atoms with Gasteiger partial charge in [-0.15, -0.1) is 0 Å². The minimum absolute atomic E-state index is 0.137. The fourth-order valence-electron chi connectivity index (χ4n) is 3.93. The Labute approximate surface area is 156 Å². The largest absolute Gasteiger partial charge is 0.398 e. The van der Waals surface area contributed by atoms with Crippen molar-refractivity contribution < 1.29 is 9.59 Å². The Morgan fingerprint density at radius 2 is 1.26 bits per heavy atom. The lowest BCUT2D eigenvalue weighted by Gasteiger charge is -2.28. The highest BCUT2D eigenvalue weighted by molar-refractivity contribution is 6.34. The third kappa shape index (κ3) is 2.15. The maximum absolute atomic E-state index is 13.4. The van der Waals surface area contributed by atoms with Gasteiger partial charge in [-0.25, -0.2) is 0 Å². The Morgan fingerprint density at radius 1 is 0.593 bits per heavy atom. The first-order valence-electron chi connectivity index (χ1n) is 8.76. The zero-order valence-corrected chi connectivity index (χ0v) is 14.4. The van der Waals surface area contributed by atoms with Gasteiger partial charge in [-0.2, -0.15) is 0 Å². The predicted octanol–water partition coefficient (Wildman–Crippen LogP) is 4.55. The van der Waals surface area contributed by atoms with E-state index in [1.165, 1.54) is 0 Å². The second-order valence-corrected chi connectivity index (χ2v) is 6.69. The summed E-state index contributed by atoms with van der Waals surface area (Å²) < 4.78 is 0. The van der Waals surface area contributed by atoms with Crippen LogP contribution in [0.4, 0.5) is 5.69 Å². The molecule has 3 aromatic carbocycles. The average Bonchev–Trinajstić information content (AvgIpc) is 2.71. The highest BCUT2D eigenvalue weighted by Gasteiger charge is 2.37. The monoisotopic (exact) mass is 349 g/mol. The molecule has 0 amide bonds. The Hall–Kier alpha value is -3.72. The van der Waals surface area contributed by atoms with Gasteiger partial charge in [-0.3, -0.25) is 9.59 Å². The standard InChI is InChI=1S/C24H15NO2/c25-20-12-6-11-17-18(20)13-19-22(24(17)27)21(14-7-2-1-3-8-14)15-9-4-5-10-16(15)23(19)26/h1-13H,25H2. The van der Waals surface area contributed by atoms with Gasteiger partial charge in [0.1, 0.15) is 0 Å². The van der Waals surface area contributed by atoms with Crippen LogP contribution >= 0.6 is 0 Å². The second kappa shape index (κ2) is 5.64. The van der Waals surface area contributed by atoms with Gasteiger partial charge < -0.3 is 5.73 Å². The van der Waals surface area contributed by atoms with Crippen LogP contribution in [0.1, 0.15) is 37.4 Å². The van der Waals surface area contributed by atoms with Crippen molar-refractivity contribution in [3.8, 4) is 0 Å². The number of nitrogen functional groups attached to an aromatic ring is 1. The van der Waals surface area contributed by atoms with E-state index in [1.54, 1.807) is 24.3 Å². The van der Waals surface area contributed by atoms with Crippen molar-refractivity contribution in [3.63, 3.8) is 0 Å². The highest BCUT2D eigenvalue weighted by Crippen LogP contribution is 2.44. The first kappa shape index (κ1) is 15.5. The summed E-state index contributed by atoms with van der Waals surface area (Å²) in [5.41, 5.74) is 11.7. The van der Waals surface area contributed by atoms with Crippen molar-refractivity contribution in [2.75, 3.05) is 5.73 Å². The van der Waals surface area contributed by atoms with E-state index in [4.69, 9.17) is 5.73 Å². The Balaban J connectivity index is 1.92. The normalized spacial score (nSPS) is 15.0. The summed E-state index contributed by atoms with van der Waals surface area (Å²) in [5, 5.41) is 0. The van der Waals surface area contributed by atoms with E-state index in [0.717, 1.165) is 16.7 Å². The fourth-order valence-corrected chi connectivity index (χ4v) is 3.93. The highest BCUT2D eigenvalue weighted by atomic mass is 16.1. The maximum atomic E-state index is 13.4. The van der Waals surface area contributed by atoms with E-state index >= 15 is 0 Å². The minimum Gasteiger partial charge on any atom is -0.398 e. The summed E-state index contributed by atoms with van der Waals surface area (Å²) >= 11 is 0. The molecule has 3 heteroatoms. The Kier molecular flexibility index (Phi) is 3.25. The van der Waals surface area contributed by atoms with Crippen molar-refractivity contribution in [2.45, 2.75) is 0 Å². The lowest BCUT2D eigenvalue weighted by molar-refractivity contribution is 0.0994. The molecule has 3 aromatic rings. The molecular weight excluding hydrogens is 334 g/mol. The van der Waals surface area contributed by atoms with Gasteiger partial charge in [0.25, 0.3) is 0 Å². The Morgan fingerprint density at radius 3 is 2.04 bits per heavy atom. The fraction of sp³-hybridized carbons (Fsp3) is 0. The lowest BCUT2D eigenvalue weighted by atomic mass is 9.73. The van der Waals surface area contributed by atoms with E-state index in [0.29, 0.717) is 33.5 Å². The molecule has 2 N–H and O–H groups in total. The summed E-state index contributed by atoms with van der Waals surface area (Å²) in [4.78, 5) is 26.6. The van der Waals surface area contributed by atoms with E-state index < -0.39 is 0 Å². The number of hydrogen-bond donors (Lipinski definition) is 1. The van der Waals surface area contributed by atoms with Crippen LogP contribution in [0.3, 0.4) is 0 Å². The molecule has 0 saturated heterocycles. The van der Waals surface area contributed by atoms with Crippen LogP contribution in [0, 0.1) is 0 Å². The maximum Gasteiger partial charge on any atom is 0.195 e. The molecule has 0 aromatic heterocycles. The number of benzene rings is 3. The molecule has 3 nitrogen and oxygen atoms in total. The number of nitrogens with two attached hydrogens (primary N) is 1. The topological polar surface area (TPSA) is 60.2 Å². The molecule has 0 spiro atoms. The Bertz CT molecular complexity index is 1200. The number of ketones is 2. The van der Waals surface area contributed by atoms with Gasteiger partial charge >= 0.3 is 0 Å². The third-order valence-corrected chi connectivity index (χ3v) is 5.17. The minimum atomic E-state index is -0.156. The second-order valence-electron chi connectivity index (χ2n) is 6.69. The zero-order valence-electron chi connectivity index (χ0n) is 14.4. The smallest absolute Gasteiger partial charge is 0.195 e. The van der Waals surface area contributed by atoms with E-state index in [1.807, 2.05) is 54.6 Å². The van der Waals surface area contributed by atoms with Crippen molar-refractivity contribution in [2.24, 2.45) is 0 Å². The number of rotatable bonds is 1. The van der Waals surface area contributed by atoms with Crippen LogP contribution in [-0.2, 0) is 0 Å². The third-order valence-electron chi connectivity index (χ3n) is 5.17. The number of carbonyl (C=O) groups excluding carboxylic acids is 2. The van der Waals surface area contributed by atoms with E-state index in [-0.39, 0.29) is 11.6 Å². The molecule has 0 aliphatic heterocycles. The molecule has 5 rings (SSSR count). The molecular formula is C24H15NO2. The van der Waals surface area contributed by atoms with Crippen molar-refractivity contribution in [1.82, 2.24) is 0 Å². The number of fused-ring (bicyclic) bond motifs is 3. The van der Waals surface area contributed by atoms with Crippen LogP contribution in [0.25, 0.3) is 11.6 Å². The molecule has 27 heavy (non-hydrogen) atoms. The molecule has 2 aliphatic carbocycles. The summed E-state index contributed by atoms with van der Waals surface area (Å²) in [5.74, 6) is -0.293. The van der Waals surface area contributed by atoms with Crippen LogP contribution in [0.15, 0.2) is 83.9 Å². The molecule has 128 valence electrons. The number of Topliss-reactive ketones (excluding diaryl/α,β-unsaturated/α-hetero) is 2. The van der Waals surface area contributed by atoms with Gasteiger partial charge in [-0.1, -0.05) is 66.7 Å². The van der Waals surface area contributed by atoms with Crippen LogP contribution in [0.2, 0.25) is 0 Å². The summed E-state index contributed by atoms with van der Waals surface area (Å²) in [6.45, 7) is 0. The van der Waals surface area contributed by atoms with E-state index in [9.17, 15) is 9.59 Å². The number of carbonyl (C=O) groups is 2.